The predicted molar refractivity (Wildman–Crippen MR) is 73.7 cm³/mol. The molecule has 0 heterocycles. The number of hydrogen-bond donors (Lipinski definition) is 1. The van der Waals surface area contributed by atoms with E-state index in [-0.39, 0.29) is 17.1 Å². The number of hydrogen-bond acceptors (Lipinski definition) is 3. The number of carbonyl (C=O) groups is 1. The highest BCUT2D eigenvalue weighted by molar-refractivity contribution is 5.75. The van der Waals surface area contributed by atoms with Gasteiger partial charge in [-0.15, -0.1) is 0 Å². The van der Waals surface area contributed by atoms with E-state index < -0.39 is 0 Å². The number of nitrogens with one attached hydrogen (secondary N) is 1. The lowest BCUT2D eigenvalue weighted by molar-refractivity contribution is -0.121. The van der Waals surface area contributed by atoms with Crippen LogP contribution in [-0.4, -0.2) is 37.4 Å². The summed E-state index contributed by atoms with van der Waals surface area (Å²) in [6.45, 7) is 11.4. The van der Waals surface area contributed by atoms with Crippen molar-refractivity contribution in [2.45, 2.75) is 65.1 Å². The first kappa shape index (κ1) is 17.4. The zero-order valence-electron chi connectivity index (χ0n) is 12.8. The Morgan fingerprint density at radius 3 is 2.22 bits per heavy atom. The van der Waals surface area contributed by atoms with Gasteiger partial charge in [-0.1, -0.05) is 6.92 Å². The highest BCUT2D eigenvalue weighted by atomic mass is 16.5. The topological polar surface area (TPSA) is 47.6 Å². The molecule has 0 spiro atoms. The van der Waals surface area contributed by atoms with Crippen molar-refractivity contribution in [1.29, 1.82) is 0 Å². The largest absolute Gasteiger partial charge is 0.379 e. The average Bonchev–Trinajstić information content (AvgIpc) is 2.28. The molecule has 0 fully saturated rings. The van der Waals surface area contributed by atoms with Gasteiger partial charge in [0.25, 0.3) is 0 Å². The summed E-state index contributed by atoms with van der Waals surface area (Å²) in [7, 11) is 1.71. The van der Waals surface area contributed by atoms with Crippen LogP contribution in [0.1, 0.15) is 53.9 Å². The van der Waals surface area contributed by atoms with Gasteiger partial charge >= 0.3 is 0 Å². The van der Waals surface area contributed by atoms with Crippen LogP contribution in [0, 0.1) is 0 Å². The molecule has 0 aromatic carbocycles. The quantitative estimate of drug-likeness (QED) is 0.692. The van der Waals surface area contributed by atoms with Crippen LogP contribution >= 0.6 is 0 Å². The summed E-state index contributed by atoms with van der Waals surface area (Å²) < 4.78 is 11.2. The Bertz CT molecular complexity index is 249. The van der Waals surface area contributed by atoms with Crippen molar-refractivity contribution in [1.82, 2.24) is 5.32 Å². The van der Waals surface area contributed by atoms with E-state index in [4.69, 9.17) is 9.47 Å². The van der Waals surface area contributed by atoms with E-state index in [2.05, 4.69) is 5.32 Å². The van der Waals surface area contributed by atoms with Crippen LogP contribution in [0.15, 0.2) is 0 Å². The number of rotatable bonds is 9. The first-order valence-electron chi connectivity index (χ1n) is 6.68. The highest BCUT2D eigenvalue weighted by Gasteiger charge is 2.21. The van der Waals surface area contributed by atoms with Crippen molar-refractivity contribution in [2.24, 2.45) is 0 Å². The van der Waals surface area contributed by atoms with Crippen LogP contribution in [0.5, 0.6) is 0 Å². The molecular weight excluding hydrogens is 230 g/mol. The number of methoxy groups -OCH3 is 1. The normalized spacial score (nSPS) is 12.6. The molecule has 4 heteroatoms. The molecule has 4 nitrogen and oxygen atoms in total. The minimum Gasteiger partial charge on any atom is -0.379 e. The predicted octanol–water partition coefficient (Wildman–Crippen LogP) is 2.51. The van der Waals surface area contributed by atoms with Gasteiger partial charge in [-0.05, 0) is 40.5 Å². The molecular formula is C14H29NO3. The van der Waals surface area contributed by atoms with Gasteiger partial charge in [-0.25, -0.2) is 0 Å². The highest BCUT2D eigenvalue weighted by Crippen LogP contribution is 2.18. The SMILES string of the molecule is CCC(=O)NCCC(C)(C)OCCC(C)(C)OC. The molecule has 0 aromatic rings. The lowest BCUT2D eigenvalue weighted by Gasteiger charge is -2.29. The maximum Gasteiger partial charge on any atom is 0.219 e. The van der Waals surface area contributed by atoms with Crippen molar-refractivity contribution in [3.63, 3.8) is 0 Å². The summed E-state index contributed by atoms with van der Waals surface area (Å²) in [5.41, 5.74) is -0.364. The van der Waals surface area contributed by atoms with Crippen molar-refractivity contribution in [3.8, 4) is 0 Å². The van der Waals surface area contributed by atoms with Gasteiger partial charge in [-0.2, -0.15) is 0 Å². The fraction of sp³-hybridized carbons (Fsp3) is 0.929. The first-order chi connectivity index (χ1) is 8.22. The van der Waals surface area contributed by atoms with E-state index in [1.54, 1.807) is 7.11 Å². The van der Waals surface area contributed by atoms with Crippen LogP contribution in [0.4, 0.5) is 0 Å². The second kappa shape index (κ2) is 7.74. The van der Waals surface area contributed by atoms with Crippen molar-refractivity contribution in [3.05, 3.63) is 0 Å². The van der Waals surface area contributed by atoms with Gasteiger partial charge in [-0.3, -0.25) is 4.79 Å². The molecule has 0 rings (SSSR count). The maximum absolute atomic E-state index is 11.1. The molecule has 0 radical (unpaired) electrons. The third-order valence-corrected chi connectivity index (χ3v) is 3.12. The van der Waals surface area contributed by atoms with Crippen LogP contribution in [0.25, 0.3) is 0 Å². The molecule has 0 bridgehead atoms. The van der Waals surface area contributed by atoms with Crippen molar-refractivity contribution in [2.75, 3.05) is 20.3 Å². The Balaban J connectivity index is 3.83. The molecule has 0 saturated heterocycles. The zero-order valence-corrected chi connectivity index (χ0v) is 12.8. The standard InChI is InChI=1S/C14H29NO3/c1-7-12(16)15-10-8-14(4,5)18-11-9-13(2,3)17-6/h7-11H2,1-6H3,(H,15,16). The molecule has 1 amide bonds. The van der Waals surface area contributed by atoms with Crippen LogP contribution in [0.2, 0.25) is 0 Å². The fourth-order valence-electron chi connectivity index (χ4n) is 1.38. The fourth-order valence-corrected chi connectivity index (χ4v) is 1.38. The number of carbonyl (C=O) groups excluding carboxylic acids is 1. The molecule has 0 aliphatic heterocycles. The second-order valence-electron chi connectivity index (χ2n) is 5.78. The van der Waals surface area contributed by atoms with Gasteiger partial charge in [0.15, 0.2) is 0 Å². The van der Waals surface area contributed by atoms with Gasteiger partial charge in [0.05, 0.1) is 17.8 Å². The lowest BCUT2D eigenvalue weighted by atomic mass is 10.0. The summed E-state index contributed by atoms with van der Waals surface area (Å²) in [6, 6.07) is 0. The molecule has 0 aliphatic rings. The molecule has 108 valence electrons. The minimum absolute atomic E-state index is 0.0892. The Morgan fingerprint density at radius 1 is 1.11 bits per heavy atom. The van der Waals surface area contributed by atoms with Crippen molar-refractivity contribution >= 4 is 5.91 Å². The first-order valence-corrected chi connectivity index (χ1v) is 6.68. The molecule has 0 atom stereocenters. The van der Waals surface area contributed by atoms with E-state index >= 15 is 0 Å². The smallest absolute Gasteiger partial charge is 0.219 e. The molecule has 0 unspecified atom stereocenters. The summed E-state index contributed by atoms with van der Waals surface area (Å²) in [4.78, 5) is 11.1. The van der Waals surface area contributed by atoms with E-state index in [0.29, 0.717) is 19.6 Å². The molecule has 1 N–H and O–H groups in total. The van der Waals surface area contributed by atoms with Crippen LogP contribution < -0.4 is 5.32 Å². The van der Waals surface area contributed by atoms with Gasteiger partial charge in [0.1, 0.15) is 0 Å². The van der Waals surface area contributed by atoms with Crippen molar-refractivity contribution < 1.29 is 14.3 Å². The average molecular weight is 259 g/mol. The summed E-state index contributed by atoms with van der Waals surface area (Å²) in [6.07, 6.45) is 2.20. The van der Waals surface area contributed by atoms with E-state index in [1.807, 2.05) is 34.6 Å². The van der Waals surface area contributed by atoms with Crippen LogP contribution in [-0.2, 0) is 14.3 Å². The lowest BCUT2D eigenvalue weighted by Crippen LogP contribution is -2.34. The minimum atomic E-state index is -0.217. The van der Waals surface area contributed by atoms with E-state index in [9.17, 15) is 4.79 Å². The number of ether oxygens (including phenoxy) is 2. The molecule has 0 saturated carbocycles. The molecule has 0 aromatic heterocycles. The summed E-state index contributed by atoms with van der Waals surface area (Å²) in [5, 5.41) is 2.86. The van der Waals surface area contributed by atoms with E-state index in [1.165, 1.54) is 0 Å². The van der Waals surface area contributed by atoms with Gasteiger partial charge in [0, 0.05) is 20.1 Å². The third kappa shape index (κ3) is 8.48. The number of amides is 1. The summed E-state index contributed by atoms with van der Waals surface area (Å²) in [5.74, 6) is 0.0892. The Hall–Kier alpha value is -0.610. The van der Waals surface area contributed by atoms with E-state index in [0.717, 1.165) is 12.8 Å². The monoisotopic (exact) mass is 259 g/mol. The zero-order chi connectivity index (χ0) is 14.2. The van der Waals surface area contributed by atoms with Crippen LogP contribution in [0.3, 0.4) is 0 Å². The summed E-state index contributed by atoms with van der Waals surface area (Å²) >= 11 is 0. The third-order valence-electron chi connectivity index (χ3n) is 3.12. The maximum atomic E-state index is 11.1. The Labute approximate surface area is 111 Å². The van der Waals surface area contributed by atoms with Gasteiger partial charge in [0.2, 0.25) is 5.91 Å². The molecule has 0 aliphatic carbocycles. The molecule has 18 heavy (non-hydrogen) atoms. The Morgan fingerprint density at radius 2 is 1.72 bits per heavy atom. The van der Waals surface area contributed by atoms with Gasteiger partial charge < -0.3 is 14.8 Å². The Kier molecular flexibility index (Phi) is 7.48. The second-order valence-corrected chi connectivity index (χ2v) is 5.78.